The number of ether oxygens (including phenoxy) is 1. The molecule has 0 aliphatic rings. The van der Waals surface area contributed by atoms with E-state index in [0.29, 0.717) is 12.3 Å². The maximum Gasteiger partial charge on any atom is 0.191 e. The predicted molar refractivity (Wildman–Crippen MR) is 104 cm³/mol. The van der Waals surface area contributed by atoms with Crippen molar-refractivity contribution in [2.75, 3.05) is 12.9 Å². The Labute approximate surface area is 157 Å². The molecule has 1 aromatic heterocycles. The summed E-state index contributed by atoms with van der Waals surface area (Å²) in [7, 11) is 1.64. The fourth-order valence-electron chi connectivity index (χ4n) is 2.57. The van der Waals surface area contributed by atoms with Gasteiger partial charge in [-0.25, -0.2) is 0 Å². The number of nitrogens with zero attached hydrogens (tertiary/aromatic N) is 3. The van der Waals surface area contributed by atoms with Crippen molar-refractivity contribution in [2.24, 2.45) is 0 Å². The molecule has 0 saturated carbocycles. The van der Waals surface area contributed by atoms with Gasteiger partial charge in [0.15, 0.2) is 11.0 Å². The first-order valence-corrected chi connectivity index (χ1v) is 9.26. The van der Waals surface area contributed by atoms with Gasteiger partial charge >= 0.3 is 0 Å². The molecule has 3 rings (SSSR count). The van der Waals surface area contributed by atoms with Gasteiger partial charge in [-0.05, 0) is 29.8 Å². The smallest absolute Gasteiger partial charge is 0.191 e. The topological polar surface area (TPSA) is 60.2 Å². The summed E-state index contributed by atoms with van der Waals surface area (Å²) in [5.74, 6) is 2.07. The van der Waals surface area contributed by atoms with Crippen molar-refractivity contribution in [3.8, 4) is 17.1 Å². The van der Waals surface area contributed by atoms with Crippen LogP contribution in [0.5, 0.6) is 5.75 Å². The Morgan fingerprint density at radius 1 is 1.15 bits per heavy atom. The molecule has 0 amide bonds. The van der Waals surface area contributed by atoms with Crippen LogP contribution in [0.1, 0.15) is 11.7 Å². The van der Waals surface area contributed by atoms with E-state index in [4.69, 9.17) is 4.74 Å². The van der Waals surface area contributed by atoms with E-state index in [1.807, 2.05) is 65.2 Å². The molecule has 0 saturated heterocycles. The number of hydrogen-bond donors (Lipinski definition) is 1. The molecule has 26 heavy (non-hydrogen) atoms. The van der Waals surface area contributed by atoms with Crippen LogP contribution in [0, 0.1) is 0 Å². The van der Waals surface area contributed by atoms with E-state index in [0.717, 1.165) is 27.9 Å². The summed E-state index contributed by atoms with van der Waals surface area (Å²) in [6, 6.07) is 17.3. The summed E-state index contributed by atoms with van der Waals surface area (Å²) >= 11 is 1.48. The van der Waals surface area contributed by atoms with Crippen molar-refractivity contribution in [3.05, 3.63) is 72.8 Å². The van der Waals surface area contributed by atoms with Crippen LogP contribution in [-0.2, 0) is 6.54 Å². The SMILES string of the molecule is C=CCn1c(SC[C@@H](O)c2ccccc2)nnc1-c1ccc(OC)cc1. The molecule has 0 spiro atoms. The van der Waals surface area contributed by atoms with Gasteiger partial charge in [0.1, 0.15) is 5.75 Å². The van der Waals surface area contributed by atoms with Crippen molar-refractivity contribution in [1.82, 2.24) is 14.8 Å². The highest BCUT2D eigenvalue weighted by atomic mass is 32.2. The molecule has 5 nitrogen and oxygen atoms in total. The first-order chi connectivity index (χ1) is 12.7. The number of hydrogen-bond acceptors (Lipinski definition) is 5. The van der Waals surface area contributed by atoms with Crippen LogP contribution >= 0.6 is 11.8 Å². The van der Waals surface area contributed by atoms with E-state index in [2.05, 4.69) is 16.8 Å². The van der Waals surface area contributed by atoms with E-state index in [-0.39, 0.29) is 0 Å². The van der Waals surface area contributed by atoms with Gasteiger partial charge in [0.05, 0.1) is 13.2 Å². The van der Waals surface area contributed by atoms with Crippen LogP contribution < -0.4 is 4.74 Å². The summed E-state index contributed by atoms with van der Waals surface area (Å²) in [5, 5.41) is 19.8. The van der Waals surface area contributed by atoms with Crippen molar-refractivity contribution in [2.45, 2.75) is 17.8 Å². The highest BCUT2D eigenvalue weighted by Gasteiger charge is 2.16. The minimum Gasteiger partial charge on any atom is -0.497 e. The first kappa shape index (κ1) is 18.2. The summed E-state index contributed by atoms with van der Waals surface area (Å²) in [6.07, 6.45) is 1.26. The van der Waals surface area contributed by atoms with Gasteiger partial charge in [-0.15, -0.1) is 16.8 Å². The number of aromatic nitrogens is 3. The quantitative estimate of drug-likeness (QED) is 0.482. The molecule has 134 valence electrons. The predicted octanol–water partition coefficient (Wildman–Crippen LogP) is 3.97. The third-order valence-corrected chi connectivity index (χ3v) is 4.97. The molecule has 0 fully saturated rings. The van der Waals surface area contributed by atoms with E-state index < -0.39 is 6.10 Å². The molecule has 3 aromatic rings. The number of aliphatic hydroxyl groups excluding tert-OH is 1. The van der Waals surface area contributed by atoms with Crippen LogP contribution in [0.25, 0.3) is 11.4 Å². The molecule has 0 aliphatic carbocycles. The highest BCUT2D eigenvalue weighted by Crippen LogP contribution is 2.28. The number of allylic oxidation sites excluding steroid dienone is 1. The lowest BCUT2D eigenvalue weighted by Crippen LogP contribution is -2.04. The van der Waals surface area contributed by atoms with Crippen LogP contribution in [0.4, 0.5) is 0 Å². The first-order valence-electron chi connectivity index (χ1n) is 8.27. The number of methoxy groups -OCH3 is 1. The Bertz CT molecular complexity index is 847. The number of aliphatic hydroxyl groups is 1. The van der Waals surface area contributed by atoms with Crippen molar-refractivity contribution in [3.63, 3.8) is 0 Å². The van der Waals surface area contributed by atoms with Crippen molar-refractivity contribution >= 4 is 11.8 Å². The second kappa shape index (κ2) is 8.69. The Morgan fingerprint density at radius 2 is 1.88 bits per heavy atom. The lowest BCUT2D eigenvalue weighted by molar-refractivity contribution is 0.204. The monoisotopic (exact) mass is 367 g/mol. The normalized spacial score (nSPS) is 11.9. The van der Waals surface area contributed by atoms with E-state index >= 15 is 0 Å². The maximum atomic E-state index is 10.4. The number of rotatable bonds is 8. The molecule has 1 N–H and O–H groups in total. The summed E-state index contributed by atoms with van der Waals surface area (Å²) in [6.45, 7) is 4.42. The zero-order valence-electron chi connectivity index (χ0n) is 14.6. The third kappa shape index (κ3) is 4.15. The Hall–Kier alpha value is -2.57. The lowest BCUT2D eigenvalue weighted by atomic mass is 10.1. The Balaban J connectivity index is 1.79. The van der Waals surface area contributed by atoms with Crippen LogP contribution in [-0.4, -0.2) is 32.7 Å². The van der Waals surface area contributed by atoms with Crippen molar-refractivity contribution < 1.29 is 9.84 Å². The summed E-state index contributed by atoms with van der Waals surface area (Å²) < 4.78 is 7.20. The molecule has 0 unspecified atom stereocenters. The van der Waals surface area contributed by atoms with Gasteiger partial charge in [-0.1, -0.05) is 48.2 Å². The standard InChI is InChI=1S/C20H21N3O2S/c1-3-13-23-19(16-9-11-17(25-2)12-10-16)21-22-20(23)26-14-18(24)15-7-5-4-6-8-15/h3-12,18,24H,1,13-14H2,2H3/t18-/m1/s1. The molecule has 0 aliphatic heterocycles. The molecule has 0 radical (unpaired) electrons. The molecular weight excluding hydrogens is 346 g/mol. The largest absolute Gasteiger partial charge is 0.497 e. The average Bonchev–Trinajstić information content (AvgIpc) is 3.10. The Morgan fingerprint density at radius 3 is 2.54 bits per heavy atom. The second-order valence-electron chi connectivity index (χ2n) is 5.67. The second-order valence-corrected chi connectivity index (χ2v) is 6.66. The molecule has 0 bridgehead atoms. The Kier molecular flexibility index (Phi) is 6.09. The van der Waals surface area contributed by atoms with Gasteiger partial charge in [0.25, 0.3) is 0 Å². The van der Waals surface area contributed by atoms with Gasteiger partial charge in [-0.3, -0.25) is 4.57 Å². The van der Waals surface area contributed by atoms with Gasteiger partial charge in [0.2, 0.25) is 0 Å². The zero-order valence-corrected chi connectivity index (χ0v) is 15.4. The number of thioether (sulfide) groups is 1. The maximum absolute atomic E-state index is 10.4. The van der Waals surface area contributed by atoms with E-state index in [9.17, 15) is 5.11 Å². The van der Waals surface area contributed by atoms with Crippen molar-refractivity contribution in [1.29, 1.82) is 0 Å². The zero-order chi connectivity index (χ0) is 18.4. The molecule has 1 atom stereocenters. The fraction of sp³-hybridized carbons (Fsp3) is 0.200. The third-order valence-electron chi connectivity index (χ3n) is 3.93. The van der Waals surface area contributed by atoms with Crippen LogP contribution in [0.2, 0.25) is 0 Å². The minimum absolute atomic E-state index is 0.502. The summed E-state index contributed by atoms with van der Waals surface area (Å²) in [4.78, 5) is 0. The summed E-state index contributed by atoms with van der Waals surface area (Å²) in [5.41, 5.74) is 1.85. The fourth-order valence-corrected chi connectivity index (χ4v) is 3.48. The van der Waals surface area contributed by atoms with E-state index in [1.165, 1.54) is 11.8 Å². The molecule has 6 heteroatoms. The minimum atomic E-state index is -0.556. The molecule has 2 aromatic carbocycles. The molecular formula is C20H21N3O2S. The average molecular weight is 367 g/mol. The lowest BCUT2D eigenvalue weighted by Gasteiger charge is -2.11. The van der Waals surface area contributed by atoms with Crippen LogP contribution in [0.3, 0.4) is 0 Å². The van der Waals surface area contributed by atoms with Gasteiger partial charge in [0, 0.05) is 17.9 Å². The highest BCUT2D eigenvalue weighted by molar-refractivity contribution is 7.99. The van der Waals surface area contributed by atoms with Gasteiger partial charge < -0.3 is 9.84 Å². The molecule has 1 heterocycles. The number of benzene rings is 2. The van der Waals surface area contributed by atoms with Crippen LogP contribution in [0.15, 0.2) is 72.4 Å². The van der Waals surface area contributed by atoms with Gasteiger partial charge in [-0.2, -0.15) is 0 Å². The van der Waals surface area contributed by atoms with E-state index in [1.54, 1.807) is 7.11 Å².